The van der Waals surface area contributed by atoms with Crippen LogP contribution in [0.1, 0.15) is 15.9 Å². The molecule has 5 heteroatoms. The van der Waals surface area contributed by atoms with Crippen LogP contribution in [0.15, 0.2) is 46.9 Å². The lowest BCUT2D eigenvalue weighted by atomic mass is 10.2. The van der Waals surface area contributed by atoms with Crippen molar-refractivity contribution in [3.8, 4) is 5.75 Å². The number of hydrogen-bond acceptors (Lipinski definition) is 2. The van der Waals surface area contributed by atoms with Crippen LogP contribution in [-0.4, -0.2) is 19.1 Å². The number of aryl methyl sites for hydroxylation is 1. The Morgan fingerprint density at radius 1 is 1.29 bits per heavy atom. The molecule has 1 amide bonds. The van der Waals surface area contributed by atoms with Crippen LogP contribution in [0.2, 0.25) is 0 Å². The molecule has 0 bridgehead atoms. The summed E-state index contributed by atoms with van der Waals surface area (Å²) in [5.74, 6) is 0.117. The first kappa shape index (κ1) is 15.5. The summed E-state index contributed by atoms with van der Waals surface area (Å²) < 4.78 is 18.9. The van der Waals surface area contributed by atoms with E-state index in [-0.39, 0.29) is 10.4 Å². The summed E-state index contributed by atoms with van der Waals surface area (Å²) in [5, 5.41) is 2.72. The highest BCUT2D eigenvalue weighted by molar-refractivity contribution is 9.10. The Morgan fingerprint density at radius 2 is 2.10 bits per heavy atom. The van der Waals surface area contributed by atoms with Crippen LogP contribution in [-0.2, 0) is 0 Å². The van der Waals surface area contributed by atoms with Crippen LogP contribution < -0.4 is 10.1 Å². The van der Waals surface area contributed by atoms with Crippen LogP contribution in [0.3, 0.4) is 0 Å². The van der Waals surface area contributed by atoms with E-state index in [1.54, 1.807) is 0 Å². The molecular weight excluding hydrogens is 337 g/mol. The van der Waals surface area contributed by atoms with Crippen LogP contribution in [0.4, 0.5) is 4.39 Å². The van der Waals surface area contributed by atoms with E-state index in [2.05, 4.69) is 21.2 Å². The molecule has 0 unspecified atom stereocenters. The van der Waals surface area contributed by atoms with Gasteiger partial charge >= 0.3 is 0 Å². The molecule has 0 aliphatic rings. The SMILES string of the molecule is Cc1cccc(OCCNC(=O)c2ccc(F)c(Br)c2)c1. The highest BCUT2D eigenvalue weighted by Crippen LogP contribution is 2.16. The molecule has 1 N–H and O–H groups in total. The molecule has 2 aromatic carbocycles. The summed E-state index contributed by atoms with van der Waals surface area (Å²) in [6.07, 6.45) is 0. The van der Waals surface area contributed by atoms with Gasteiger partial charge in [-0.2, -0.15) is 0 Å². The van der Waals surface area contributed by atoms with E-state index >= 15 is 0 Å². The number of nitrogens with one attached hydrogen (secondary N) is 1. The summed E-state index contributed by atoms with van der Waals surface area (Å²) in [5.41, 5.74) is 1.52. The summed E-state index contributed by atoms with van der Waals surface area (Å²) in [6.45, 7) is 2.74. The zero-order valence-corrected chi connectivity index (χ0v) is 13.1. The molecule has 0 heterocycles. The first-order valence-electron chi connectivity index (χ1n) is 6.49. The number of amides is 1. The van der Waals surface area contributed by atoms with Gasteiger partial charge < -0.3 is 10.1 Å². The number of hydrogen-bond donors (Lipinski definition) is 1. The third kappa shape index (κ3) is 4.56. The second-order valence-electron chi connectivity index (χ2n) is 4.55. The van der Waals surface area contributed by atoms with Crippen molar-refractivity contribution < 1.29 is 13.9 Å². The van der Waals surface area contributed by atoms with Gasteiger partial charge in [0.05, 0.1) is 11.0 Å². The molecule has 110 valence electrons. The number of carbonyl (C=O) groups is 1. The largest absolute Gasteiger partial charge is 0.492 e. The summed E-state index contributed by atoms with van der Waals surface area (Å²) in [4.78, 5) is 11.9. The third-order valence-electron chi connectivity index (χ3n) is 2.83. The molecular formula is C16H15BrFNO2. The minimum Gasteiger partial charge on any atom is -0.492 e. The van der Waals surface area contributed by atoms with E-state index in [1.165, 1.54) is 18.2 Å². The fourth-order valence-corrected chi connectivity index (χ4v) is 2.16. The lowest BCUT2D eigenvalue weighted by Crippen LogP contribution is -2.28. The number of rotatable bonds is 5. The zero-order chi connectivity index (χ0) is 15.2. The molecule has 2 aromatic rings. The van der Waals surface area contributed by atoms with Gasteiger partial charge in [-0.3, -0.25) is 4.79 Å². The van der Waals surface area contributed by atoms with Crippen molar-refractivity contribution in [3.05, 3.63) is 63.9 Å². The smallest absolute Gasteiger partial charge is 0.251 e. The van der Waals surface area contributed by atoms with E-state index in [1.807, 2.05) is 31.2 Å². The van der Waals surface area contributed by atoms with Gasteiger partial charge in [0.15, 0.2) is 0 Å². The Balaban J connectivity index is 1.80. The second kappa shape index (κ2) is 7.22. The van der Waals surface area contributed by atoms with Crippen molar-refractivity contribution in [2.45, 2.75) is 6.92 Å². The van der Waals surface area contributed by atoms with E-state index in [0.29, 0.717) is 18.7 Å². The molecule has 0 aliphatic heterocycles. The fourth-order valence-electron chi connectivity index (χ4n) is 1.78. The average molecular weight is 352 g/mol. The molecule has 0 aliphatic carbocycles. The van der Waals surface area contributed by atoms with Gasteiger partial charge in [0.2, 0.25) is 0 Å². The van der Waals surface area contributed by atoms with Crippen LogP contribution in [0.25, 0.3) is 0 Å². The van der Waals surface area contributed by atoms with Gasteiger partial charge in [-0.1, -0.05) is 12.1 Å². The maximum absolute atomic E-state index is 13.1. The van der Waals surface area contributed by atoms with Gasteiger partial charge in [-0.05, 0) is 58.7 Å². The Morgan fingerprint density at radius 3 is 2.81 bits per heavy atom. The van der Waals surface area contributed by atoms with E-state index in [9.17, 15) is 9.18 Å². The fraction of sp³-hybridized carbons (Fsp3) is 0.188. The second-order valence-corrected chi connectivity index (χ2v) is 5.40. The lowest BCUT2D eigenvalue weighted by molar-refractivity contribution is 0.0947. The van der Waals surface area contributed by atoms with Gasteiger partial charge in [0.1, 0.15) is 18.2 Å². The number of ether oxygens (including phenoxy) is 1. The van der Waals surface area contributed by atoms with Crippen molar-refractivity contribution >= 4 is 21.8 Å². The number of carbonyl (C=O) groups excluding carboxylic acids is 1. The Kier molecular flexibility index (Phi) is 5.33. The maximum Gasteiger partial charge on any atom is 0.251 e. The van der Waals surface area contributed by atoms with Crippen molar-refractivity contribution in [2.75, 3.05) is 13.2 Å². The van der Waals surface area contributed by atoms with Crippen LogP contribution in [0.5, 0.6) is 5.75 Å². The highest BCUT2D eigenvalue weighted by Gasteiger charge is 2.07. The lowest BCUT2D eigenvalue weighted by Gasteiger charge is -2.08. The molecule has 0 atom stereocenters. The molecule has 0 saturated heterocycles. The average Bonchev–Trinajstić information content (AvgIpc) is 2.46. The Hall–Kier alpha value is -1.88. The predicted octanol–water partition coefficient (Wildman–Crippen LogP) is 3.71. The minimum atomic E-state index is -0.394. The van der Waals surface area contributed by atoms with E-state index in [0.717, 1.165) is 11.3 Å². The van der Waals surface area contributed by atoms with Gasteiger partial charge in [-0.15, -0.1) is 0 Å². The van der Waals surface area contributed by atoms with Crippen LogP contribution in [0, 0.1) is 12.7 Å². The zero-order valence-electron chi connectivity index (χ0n) is 11.5. The highest BCUT2D eigenvalue weighted by atomic mass is 79.9. The normalized spacial score (nSPS) is 10.2. The monoisotopic (exact) mass is 351 g/mol. The third-order valence-corrected chi connectivity index (χ3v) is 3.44. The standard InChI is InChI=1S/C16H15BrFNO2/c1-11-3-2-4-13(9-11)21-8-7-19-16(20)12-5-6-15(18)14(17)10-12/h2-6,9-10H,7-8H2,1H3,(H,19,20). The summed E-state index contributed by atoms with van der Waals surface area (Å²) in [7, 11) is 0. The number of benzene rings is 2. The predicted molar refractivity (Wildman–Crippen MR) is 83.1 cm³/mol. The van der Waals surface area contributed by atoms with Gasteiger partial charge in [0.25, 0.3) is 5.91 Å². The molecule has 3 nitrogen and oxygen atoms in total. The van der Waals surface area contributed by atoms with Gasteiger partial charge in [-0.25, -0.2) is 4.39 Å². The maximum atomic E-state index is 13.1. The molecule has 0 saturated carbocycles. The number of halogens is 2. The first-order valence-corrected chi connectivity index (χ1v) is 7.28. The topological polar surface area (TPSA) is 38.3 Å². The Labute approximate surface area is 131 Å². The first-order chi connectivity index (χ1) is 10.1. The van der Waals surface area contributed by atoms with E-state index in [4.69, 9.17) is 4.74 Å². The Bertz CT molecular complexity index is 646. The van der Waals surface area contributed by atoms with E-state index < -0.39 is 5.82 Å². The molecule has 2 rings (SSSR count). The minimum absolute atomic E-state index is 0.261. The van der Waals surface area contributed by atoms with Crippen molar-refractivity contribution in [3.63, 3.8) is 0 Å². The quantitative estimate of drug-likeness (QED) is 0.834. The molecule has 0 spiro atoms. The molecule has 21 heavy (non-hydrogen) atoms. The van der Waals surface area contributed by atoms with Crippen LogP contribution >= 0.6 is 15.9 Å². The summed E-state index contributed by atoms with van der Waals surface area (Å²) in [6, 6.07) is 11.8. The van der Waals surface area contributed by atoms with Crippen molar-refractivity contribution in [1.29, 1.82) is 0 Å². The summed E-state index contributed by atoms with van der Waals surface area (Å²) >= 11 is 3.05. The molecule has 0 fully saturated rings. The van der Waals surface area contributed by atoms with Crippen molar-refractivity contribution in [1.82, 2.24) is 5.32 Å². The van der Waals surface area contributed by atoms with Gasteiger partial charge in [0, 0.05) is 5.56 Å². The molecule has 0 radical (unpaired) electrons. The molecule has 0 aromatic heterocycles. The van der Waals surface area contributed by atoms with Crippen molar-refractivity contribution in [2.24, 2.45) is 0 Å².